The number of piperazine rings is 1. The van der Waals surface area contributed by atoms with Crippen molar-refractivity contribution in [3.05, 3.63) is 54.3 Å². The second kappa shape index (κ2) is 10.6. The van der Waals surface area contributed by atoms with Crippen LogP contribution in [0.2, 0.25) is 0 Å². The normalized spacial score (nSPS) is 22.3. The number of hydroxylamine groups is 1. The van der Waals surface area contributed by atoms with Gasteiger partial charge < -0.3 is 24.5 Å². The summed E-state index contributed by atoms with van der Waals surface area (Å²) in [5, 5.41) is 21.9. The van der Waals surface area contributed by atoms with E-state index in [1.807, 2.05) is 30.3 Å². The highest BCUT2D eigenvalue weighted by Crippen LogP contribution is 2.40. The summed E-state index contributed by atoms with van der Waals surface area (Å²) in [7, 11) is 2.07. The van der Waals surface area contributed by atoms with Crippen molar-refractivity contribution in [1.29, 1.82) is 0 Å². The number of aromatic hydroxyl groups is 1. The first-order valence-corrected chi connectivity index (χ1v) is 14.4. The number of aromatic nitrogens is 2. The van der Waals surface area contributed by atoms with Crippen LogP contribution in [0.4, 0.5) is 15.0 Å². The molecule has 1 aromatic heterocycles. The van der Waals surface area contributed by atoms with Gasteiger partial charge in [0.05, 0.1) is 12.1 Å². The highest BCUT2D eigenvalue weighted by molar-refractivity contribution is 6.01. The van der Waals surface area contributed by atoms with Crippen LogP contribution in [0, 0.1) is 5.82 Å². The summed E-state index contributed by atoms with van der Waals surface area (Å²) in [6.07, 6.45) is 3.72. The molecule has 11 heteroatoms. The molecule has 3 aliphatic heterocycles. The Kier molecular flexibility index (Phi) is 6.70. The zero-order valence-corrected chi connectivity index (χ0v) is 23.3. The Morgan fingerprint density at radius 2 is 1.83 bits per heavy atom. The quantitative estimate of drug-likeness (QED) is 0.236. The number of nitrogens with one attached hydrogen (secondary N) is 1. The van der Waals surface area contributed by atoms with Crippen molar-refractivity contribution in [1.82, 2.24) is 25.2 Å². The Balaban J connectivity index is 1.33. The Morgan fingerprint density at radius 1 is 1.05 bits per heavy atom. The van der Waals surface area contributed by atoms with E-state index in [4.69, 9.17) is 9.72 Å². The number of likely N-dealkylation sites (tertiary alicyclic amines) is 1. The molecule has 3 atom stereocenters. The van der Waals surface area contributed by atoms with Crippen LogP contribution in [-0.2, 0) is 0 Å². The molecule has 3 aliphatic rings. The van der Waals surface area contributed by atoms with Crippen LogP contribution in [0.1, 0.15) is 25.7 Å². The number of phenolic OH excluding ortho intramolecular Hbond substituents is 1. The van der Waals surface area contributed by atoms with Crippen molar-refractivity contribution in [2.45, 2.75) is 43.8 Å². The number of hydrogen-bond acceptors (Lipinski definition) is 8. The predicted molar refractivity (Wildman–Crippen MR) is 156 cm³/mol. The molecule has 2 bridgehead atoms. The first-order valence-electron chi connectivity index (χ1n) is 14.4. The molecule has 0 radical (unpaired) electrons. The predicted octanol–water partition coefficient (Wildman–Crippen LogP) is 4.52. The number of ether oxygens (including phenoxy) is 1. The van der Waals surface area contributed by atoms with Gasteiger partial charge in [0.1, 0.15) is 23.7 Å². The van der Waals surface area contributed by atoms with Crippen molar-refractivity contribution >= 4 is 33.5 Å². The number of urea groups is 1. The smallest absolute Gasteiger partial charge is 0.341 e. The Bertz CT molecular complexity index is 1670. The minimum absolute atomic E-state index is 0.0524. The summed E-state index contributed by atoms with van der Waals surface area (Å²) in [6.45, 7) is 2.38. The van der Waals surface area contributed by atoms with E-state index in [9.17, 15) is 15.1 Å². The fraction of sp³-hybridized carbons (Fsp3) is 0.387. The lowest BCUT2D eigenvalue weighted by molar-refractivity contribution is 0.107. The lowest BCUT2D eigenvalue weighted by atomic mass is 9.96. The molecule has 10 nitrogen and oxygen atoms in total. The summed E-state index contributed by atoms with van der Waals surface area (Å²) in [6, 6.07) is 13.9. The largest absolute Gasteiger partial charge is 0.508 e. The molecule has 4 heterocycles. The van der Waals surface area contributed by atoms with Crippen molar-refractivity contribution in [3.8, 4) is 22.9 Å². The molecule has 0 aliphatic carbocycles. The van der Waals surface area contributed by atoms with Gasteiger partial charge >= 0.3 is 12.0 Å². The van der Waals surface area contributed by atoms with E-state index in [0.717, 1.165) is 43.0 Å². The highest BCUT2D eigenvalue weighted by Gasteiger charge is 2.43. The summed E-state index contributed by atoms with van der Waals surface area (Å²) >= 11 is 0. The van der Waals surface area contributed by atoms with Crippen LogP contribution in [0.25, 0.3) is 32.8 Å². The molecule has 3 aromatic carbocycles. The number of fused-ring (bicyclic) bond motifs is 4. The van der Waals surface area contributed by atoms with Gasteiger partial charge in [-0.05, 0) is 73.8 Å². The molecule has 4 aromatic rings. The molecule has 2 amide bonds. The molecule has 3 fully saturated rings. The van der Waals surface area contributed by atoms with Gasteiger partial charge in [0, 0.05) is 30.1 Å². The number of phenols is 1. The van der Waals surface area contributed by atoms with E-state index in [1.165, 1.54) is 0 Å². The van der Waals surface area contributed by atoms with Gasteiger partial charge in [0.15, 0.2) is 5.82 Å². The van der Waals surface area contributed by atoms with Gasteiger partial charge in [-0.3, -0.25) is 5.21 Å². The maximum absolute atomic E-state index is 16.6. The lowest BCUT2D eigenvalue weighted by Gasteiger charge is -2.41. The van der Waals surface area contributed by atoms with Crippen molar-refractivity contribution < 1.29 is 24.2 Å². The molecule has 3 N–H and O–H groups in total. The Labute approximate surface area is 242 Å². The zero-order valence-electron chi connectivity index (χ0n) is 23.3. The third kappa shape index (κ3) is 4.53. The number of halogens is 1. The van der Waals surface area contributed by atoms with E-state index >= 15 is 4.39 Å². The first kappa shape index (κ1) is 26.7. The Hall–Kier alpha value is -4.22. The molecular weight excluding hydrogens is 539 g/mol. The second-order valence-electron chi connectivity index (χ2n) is 11.6. The van der Waals surface area contributed by atoms with Crippen LogP contribution in [0.15, 0.2) is 48.5 Å². The Morgan fingerprint density at radius 3 is 2.57 bits per heavy atom. The van der Waals surface area contributed by atoms with Crippen LogP contribution in [0.3, 0.4) is 0 Å². The fourth-order valence-corrected chi connectivity index (χ4v) is 6.98. The molecule has 0 spiro atoms. The van der Waals surface area contributed by atoms with Gasteiger partial charge in [-0.2, -0.15) is 9.97 Å². The fourth-order valence-electron chi connectivity index (χ4n) is 6.98. The number of nitrogens with zero attached hydrogens (tertiary/aromatic N) is 5. The summed E-state index contributed by atoms with van der Waals surface area (Å²) in [5.74, 6) is 0.0921. The minimum atomic E-state index is -0.518. The standard InChI is InChI=1S/C31H33FN6O4/c1-36-12-4-6-21(36)17-42-30-33-28-25(29(34-30)37-15-19-8-9-20(16-37)38(19)31(40)35-41)11-10-24(27(28)32)26-14-22(39)13-18-5-2-3-7-23(18)26/h2-3,5,7,10-11,13-14,19-21,39,41H,4,6,8-9,12,15-17H2,1H3,(H,35,40). The number of carbonyl (C=O) groups is 1. The van der Waals surface area contributed by atoms with E-state index in [1.54, 1.807) is 28.6 Å². The van der Waals surface area contributed by atoms with Crippen LogP contribution in [-0.4, -0.2) is 87.5 Å². The van der Waals surface area contributed by atoms with E-state index in [0.29, 0.717) is 42.0 Å². The molecule has 7 rings (SSSR count). The van der Waals surface area contributed by atoms with E-state index in [-0.39, 0.29) is 35.4 Å². The number of likely N-dealkylation sites (N-methyl/N-ethyl adjacent to an activating group) is 1. The van der Waals surface area contributed by atoms with Crippen molar-refractivity contribution in [2.75, 3.05) is 38.2 Å². The van der Waals surface area contributed by atoms with Crippen LogP contribution >= 0.6 is 0 Å². The topological polar surface area (TPSA) is 114 Å². The molecule has 218 valence electrons. The SMILES string of the molecule is CN1CCCC1COc1nc(N2CC3CCC(C2)N3C(=O)NO)c2ccc(-c3cc(O)cc4ccccc34)c(F)c2n1. The summed E-state index contributed by atoms with van der Waals surface area (Å²) in [4.78, 5) is 27.7. The minimum Gasteiger partial charge on any atom is -0.508 e. The average Bonchev–Trinajstić information content (AvgIpc) is 3.53. The van der Waals surface area contributed by atoms with Crippen LogP contribution in [0.5, 0.6) is 11.8 Å². The molecule has 42 heavy (non-hydrogen) atoms. The van der Waals surface area contributed by atoms with Crippen LogP contribution < -0.4 is 15.1 Å². The van der Waals surface area contributed by atoms with Gasteiger partial charge in [-0.1, -0.05) is 30.3 Å². The number of benzene rings is 3. The van der Waals surface area contributed by atoms with Crippen molar-refractivity contribution in [2.24, 2.45) is 0 Å². The molecule has 3 saturated heterocycles. The van der Waals surface area contributed by atoms with E-state index in [2.05, 4.69) is 21.8 Å². The maximum Gasteiger partial charge on any atom is 0.341 e. The molecular formula is C31H33FN6O4. The zero-order chi connectivity index (χ0) is 29.0. The highest BCUT2D eigenvalue weighted by atomic mass is 19.1. The number of carbonyl (C=O) groups excluding carboxylic acids is 1. The number of rotatable bonds is 5. The summed E-state index contributed by atoms with van der Waals surface area (Å²) in [5.41, 5.74) is 2.81. The third-order valence-corrected chi connectivity index (χ3v) is 9.09. The monoisotopic (exact) mass is 572 g/mol. The average molecular weight is 573 g/mol. The van der Waals surface area contributed by atoms with Gasteiger partial charge in [-0.25, -0.2) is 14.7 Å². The molecule has 0 saturated carbocycles. The number of hydrogen-bond donors (Lipinski definition) is 3. The lowest BCUT2D eigenvalue weighted by Crippen LogP contribution is -2.58. The van der Waals surface area contributed by atoms with Gasteiger partial charge in [0.2, 0.25) is 0 Å². The second-order valence-corrected chi connectivity index (χ2v) is 11.6. The molecule has 3 unspecified atom stereocenters. The number of anilines is 1. The van der Waals surface area contributed by atoms with Crippen molar-refractivity contribution in [3.63, 3.8) is 0 Å². The first-order chi connectivity index (χ1) is 20.4. The van der Waals surface area contributed by atoms with Gasteiger partial charge in [0.25, 0.3) is 0 Å². The van der Waals surface area contributed by atoms with E-state index < -0.39 is 11.8 Å². The van der Waals surface area contributed by atoms with Gasteiger partial charge in [-0.15, -0.1) is 0 Å². The summed E-state index contributed by atoms with van der Waals surface area (Å²) < 4.78 is 22.7. The number of amides is 2. The maximum atomic E-state index is 16.6. The third-order valence-electron chi connectivity index (χ3n) is 9.09.